The third kappa shape index (κ3) is 3.10. The van der Waals surface area contributed by atoms with E-state index in [9.17, 15) is 4.79 Å². The van der Waals surface area contributed by atoms with Gasteiger partial charge in [-0.1, -0.05) is 0 Å². The van der Waals surface area contributed by atoms with E-state index in [1.807, 2.05) is 12.1 Å². The molecule has 1 heterocycles. The Hall–Kier alpha value is -1.35. The van der Waals surface area contributed by atoms with Crippen LogP contribution in [0.4, 0.5) is 0 Å². The Labute approximate surface area is 109 Å². The lowest BCUT2D eigenvalue weighted by molar-refractivity contribution is 0.112. The summed E-state index contributed by atoms with van der Waals surface area (Å²) in [6.07, 6.45) is 3.39. The van der Waals surface area contributed by atoms with Gasteiger partial charge in [-0.25, -0.2) is 0 Å². The number of nitrogens with zero attached hydrogens (tertiary/aromatic N) is 1. The molecule has 0 N–H and O–H groups in total. The maximum absolute atomic E-state index is 10.5. The zero-order chi connectivity index (χ0) is 13.0. The van der Waals surface area contributed by atoms with E-state index in [0.717, 1.165) is 18.6 Å². The summed E-state index contributed by atoms with van der Waals surface area (Å²) in [5, 5.41) is 0. The van der Waals surface area contributed by atoms with Gasteiger partial charge in [0.25, 0.3) is 0 Å². The van der Waals surface area contributed by atoms with Crippen LogP contribution in [0.1, 0.15) is 37.0 Å². The van der Waals surface area contributed by atoms with Crippen molar-refractivity contribution < 1.29 is 9.53 Å². The van der Waals surface area contributed by atoms with Crippen LogP contribution in [0.3, 0.4) is 0 Å². The van der Waals surface area contributed by atoms with Gasteiger partial charge in [0.2, 0.25) is 0 Å². The van der Waals surface area contributed by atoms with Crippen molar-refractivity contribution in [2.45, 2.75) is 32.2 Å². The average molecular weight is 247 g/mol. The molecule has 1 aromatic rings. The molecule has 0 amide bonds. The molecule has 1 aliphatic rings. The van der Waals surface area contributed by atoms with Gasteiger partial charge in [0, 0.05) is 17.6 Å². The minimum atomic E-state index is 0.310. The predicted octanol–water partition coefficient (Wildman–Crippen LogP) is 2.75. The molecule has 1 saturated heterocycles. The molecule has 18 heavy (non-hydrogen) atoms. The lowest BCUT2D eigenvalue weighted by Gasteiger charge is -2.31. The molecule has 1 aromatic carbocycles. The SMILES string of the molecule is CC1(C)CCCN1CCOc1ccc(C=O)cc1. The number of hydrogen-bond donors (Lipinski definition) is 0. The molecule has 1 fully saturated rings. The van der Waals surface area contributed by atoms with E-state index in [2.05, 4.69) is 18.7 Å². The van der Waals surface area contributed by atoms with Crippen LogP contribution in [0, 0.1) is 0 Å². The number of ether oxygens (including phenoxy) is 1. The second kappa shape index (κ2) is 5.53. The van der Waals surface area contributed by atoms with Gasteiger partial charge in [-0.2, -0.15) is 0 Å². The molecule has 3 nitrogen and oxygen atoms in total. The molecule has 0 aliphatic carbocycles. The van der Waals surface area contributed by atoms with E-state index < -0.39 is 0 Å². The summed E-state index contributed by atoms with van der Waals surface area (Å²) in [5.74, 6) is 0.831. The summed E-state index contributed by atoms with van der Waals surface area (Å²) >= 11 is 0. The fraction of sp³-hybridized carbons (Fsp3) is 0.533. The van der Waals surface area contributed by atoms with Crippen LogP contribution in [0.2, 0.25) is 0 Å². The Morgan fingerprint density at radius 1 is 1.33 bits per heavy atom. The summed E-state index contributed by atoms with van der Waals surface area (Å²) in [5.41, 5.74) is 0.994. The molecule has 0 spiro atoms. The molecule has 2 rings (SSSR count). The Morgan fingerprint density at radius 3 is 2.61 bits per heavy atom. The Bertz CT molecular complexity index is 397. The van der Waals surface area contributed by atoms with E-state index in [0.29, 0.717) is 17.7 Å². The molecular formula is C15H21NO2. The van der Waals surface area contributed by atoms with Crippen molar-refractivity contribution in [1.29, 1.82) is 0 Å². The lowest BCUT2D eigenvalue weighted by atomic mass is 10.0. The Balaban J connectivity index is 1.79. The van der Waals surface area contributed by atoms with E-state index in [1.54, 1.807) is 12.1 Å². The van der Waals surface area contributed by atoms with E-state index in [4.69, 9.17) is 4.74 Å². The van der Waals surface area contributed by atoms with Gasteiger partial charge in [-0.05, 0) is 57.5 Å². The normalized spacial score (nSPS) is 18.8. The number of carbonyl (C=O) groups excluding carboxylic acids is 1. The highest BCUT2D eigenvalue weighted by Crippen LogP contribution is 2.27. The maximum Gasteiger partial charge on any atom is 0.150 e. The van der Waals surface area contributed by atoms with Crippen molar-refractivity contribution in [3.05, 3.63) is 29.8 Å². The zero-order valence-electron chi connectivity index (χ0n) is 11.2. The van der Waals surface area contributed by atoms with Gasteiger partial charge in [0.05, 0.1) is 0 Å². The smallest absolute Gasteiger partial charge is 0.150 e. The highest BCUT2D eigenvalue weighted by molar-refractivity contribution is 5.74. The Morgan fingerprint density at radius 2 is 2.06 bits per heavy atom. The number of likely N-dealkylation sites (tertiary alicyclic amines) is 1. The van der Waals surface area contributed by atoms with Crippen molar-refractivity contribution in [3.63, 3.8) is 0 Å². The predicted molar refractivity (Wildman–Crippen MR) is 72.2 cm³/mol. The van der Waals surface area contributed by atoms with Gasteiger partial charge in [0.1, 0.15) is 18.6 Å². The third-order valence-corrected chi connectivity index (χ3v) is 3.72. The van der Waals surface area contributed by atoms with Gasteiger partial charge >= 0.3 is 0 Å². The monoisotopic (exact) mass is 247 g/mol. The summed E-state index contributed by atoms with van der Waals surface area (Å²) in [7, 11) is 0. The maximum atomic E-state index is 10.5. The molecule has 0 bridgehead atoms. The first kappa shape index (κ1) is 13.1. The fourth-order valence-electron chi connectivity index (χ4n) is 2.49. The van der Waals surface area contributed by atoms with Gasteiger partial charge in [0.15, 0.2) is 0 Å². The summed E-state index contributed by atoms with van der Waals surface area (Å²) in [6.45, 7) is 7.41. The first-order chi connectivity index (χ1) is 8.62. The molecule has 0 aromatic heterocycles. The standard InChI is InChI=1S/C15H21NO2/c1-15(2)8-3-9-16(15)10-11-18-14-6-4-13(12-17)5-7-14/h4-7,12H,3,8-11H2,1-2H3. The Kier molecular flexibility index (Phi) is 4.02. The van der Waals surface area contributed by atoms with Crippen LogP contribution >= 0.6 is 0 Å². The summed E-state index contributed by atoms with van der Waals surface area (Å²) < 4.78 is 5.70. The van der Waals surface area contributed by atoms with Gasteiger partial charge in [-0.3, -0.25) is 9.69 Å². The number of rotatable bonds is 5. The van der Waals surface area contributed by atoms with Crippen LogP contribution in [-0.4, -0.2) is 36.4 Å². The highest BCUT2D eigenvalue weighted by atomic mass is 16.5. The number of aldehydes is 1. The van der Waals surface area contributed by atoms with Crippen LogP contribution in [-0.2, 0) is 0 Å². The van der Waals surface area contributed by atoms with Crippen molar-refractivity contribution in [2.24, 2.45) is 0 Å². The van der Waals surface area contributed by atoms with Crippen LogP contribution < -0.4 is 4.74 Å². The van der Waals surface area contributed by atoms with Crippen LogP contribution in [0.15, 0.2) is 24.3 Å². The van der Waals surface area contributed by atoms with Crippen molar-refractivity contribution in [3.8, 4) is 5.75 Å². The quantitative estimate of drug-likeness (QED) is 0.749. The number of carbonyl (C=O) groups is 1. The molecule has 0 atom stereocenters. The molecule has 0 unspecified atom stereocenters. The average Bonchev–Trinajstić information content (AvgIpc) is 2.70. The number of benzene rings is 1. The largest absolute Gasteiger partial charge is 0.492 e. The van der Waals surface area contributed by atoms with Gasteiger partial charge < -0.3 is 4.74 Å². The third-order valence-electron chi connectivity index (χ3n) is 3.72. The second-order valence-corrected chi connectivity index (χ2v) is 5.44. The minimum absolute atomic E-state index is 0.310. The van der Waals surface area contributed by atoms with Crippen LogP contribution in [0.25, 0.3) is 0 Å². The van der Waals surface area contributed by atoms with Crippen LogP contribution in [0.5, 0.6) is 5.75 Å². The first-order valence-electron chi connectivity index (χ1n) is 6.55. The first-order valence-corrected chi connectivity index (χ1v) is 6.55. The summed E-state index contributed by atoms with van der Waals surface area (Å²) in [4.78, 5) is 13.0. The molecule has 0 saturated carbocycles. The molecule has 0 radical (unpaired) electrons. The molecule has 98 valence electrons. The molecular weight excluding hydrogens is 226 g/mol. The molecule has 3 heteroatoms. The highest BCUT2D eigenvalue weighted by Gasteiger charge is 2.31. The van der Waals surface area contributed by atoms with E-state index >= 15 is 0 Å². The van der Waals surface area contributed by atoms with Crippen molar-refractivity contribution in [2.75, 3.05) is 19.7 Å². The van der Waals surface area contributed by atoms with Crippen molar-refractivity contribution in [1.82, 2.24) is 4.90 Å². The second-order valence-electron chi connectivity index (χ2n) is 5.44. The van der Waals surface area contributed by atoms with E-state index in [-0.39, 0.29) is 0 Å². The number of hydrogen-bond acceptors (Lipinski definition) is 3. The molecule has 1 aliphatic heterocycles. The van der Waals surface area contributed by atoms with Gasteiger partial charge in [-0.15, -0.1) is 0 Å². The topological polar surface area (TPSA) is 29.5 Å². The summed E-state index contributed by atoms with van der Waals surface area (Å²) in [6, 6.07) is 7.25. The van der Waals surface area contributed by atoms with Crippen molar-refractivity contribution >= 4 is 6.29 Å². The fourth-order valence-corrected chi connectivity index (χ4v) is 2.49. The lowest BCUT2D eigenvalue weighted by Crippen LogP contribution is -2.40. The van der Waals surface area contributed by atoms with E-state index in [1.165, 1.54) is 19.4 Å². The zero-order valence-corrected chi connectivity index (χ0v) is 11.2. The minimum Gasteiger partial charge on any atom is -0.492 e.